The van der Waals surface area contributed by atoms with Gasteiger partial charge in [-0.3, -0.25) is 4.79 Å². The van der Waals surface area contributed by atoms with Gasteiger partial charge in [0.2, 0.25) is 16.0 Å². The summed E-state index contributed by atoms with van der Waals surface area (Å²) < 4.78 is 54.5. The Hall–Kier alpha value is -3.07. The standard InChI is InChI=1S/C20H19F2N3O3S/c1-11(2)29(27,28)25-18-10-13(7-8-17(18)24-20(25)23)15(9-12(3)26)14-5-4-6-16(21)19(14)22/h4-11H,1-3H3,(H2,23,24)/b15-9-. The lowest BCUT2D eigenvalue weighted by Gasteiger charge is -2.13. The molecule has 29 heavy (non-hydrogen) atoms. The molecule has 0 bridgehead atoms. The highest BCUT2D eigenvalue weighted by Gasteiger charge is 2.25. The van der Waals surface area contributed by atoms with Gasteiger partial charge in [0, 0.05) is 5.56 Å². The zero-order chi connectivity index (χ0) is 21.5. The van der Waals surface area contributed by atoms with E-state index in [-0.39, 0.29) is 28.4 Å². The van der Waals surface area contributed by atoms with Gasteiger partial charge in [0.1, 0.15) is 0 Å². The van der Waals surface area contributed by atoms with E-state index in [1.807, 2.05) is 0 Å². The summed E-state index contributed by atoms with van der Waals surface area (Å²) in [6.07, 6.45) is 1.17. The summed E-state index contributed by atoms with van der Waals surface area (Å²) in [5.41, 5.74) is 6.64. The molecule has 9 heteroatoms. The van der Waals surface area contributed by atoms with Crippen LogP contribution >= 0.6 is 0 Å². The minimum atomic E-state index is -3.83. The number of rotatable bonds is 5. The average molecular weight is 419 g/mol. The fourth-order valence-corrected chi connectivity index (χ4v) is 4.09. The van der Waals surface area contributed by atoms with Crippen LogP contribution in [0.4, 0.5) is 14.7 Å². The first kappa shape index (κ1) is 20.7. The van der Waals surface area contributed by atoms with E-state index in [0.29, 0.717) is 11.1 Å². The van der Waals surface area contributed by atoms with Gasteiger partial charge in [-0.2, -0.15) is 0 Å². The number of carbonyl (C=O) groups is 1. The molecule has 0 saturated heterocycles. The number of carbonyl (C=O) groups excluding carboxylic acids is 1. The number of nitrogens with zero attached hydrogens (tertiary/aromatic N) is 2. The number of allylic oxidation sites excluding steroid dienone is 1. The Morgan fingerprint density at radius 2 is 1.90 bits per heavy atom. The Kier molecular flexibility index (Phi) is 5.27. The van der Waals surface area contributed by atoms with Crippen molar-refractivity contribution in [2.75, 3.05) is 5.73 Å². The molecule has 0 spiro atoms. The van der Waals surface area contributed by atoms with E-state index in [1.165, 1.54) is 51.1 Å². The van der Waals surface area contributed by atoms with Crippen LogP contribution in [0, 0.1) is 11.6 Å². The maximum Gasteiger partial charge on any atom is 0.244 e. The predicted molar refractivity (Wildman–Crippen MR) is 108 cm³/mol. The Morgan fingerprint density at radius 3 is 2.52 bits per heavy atom. The number of ketones is 1. The largest absolute Gasteiger partial charge is 0.368 e. The molecule has 0 radical (unpaired) electrons. The van der Waals surface area contributed by atoms with Crippen LogP contribution in [0.3, 0.4) is 0 Å². The normalized spacial score (nSPS) is 12.7. The number of imidazole rings is 1. The van der Waals surface area contributed by atoms with E-state index in [9.17, 15) is 22.0 Å². The molecule has 2 aromatic carbocycles. The van der Waals surface area contributed by atoms with Gasteiger partial charge in [-0.15, -0.1) is 0 Å². The quantitative estimate of drug-likeness (QED) is 0.639. The van der Waals surface area contributed by atoms with Gasteiger partial charge in [-0.1, -0.05) is 18.2 Å². The molecular formula is C20H19F2N3O3S. The van der Waals surface area contributed by atoms with Gasteiger partial charge in [0.05, 0.1) is 16.3 Å². The summed E-state index contributed by atoms with van der Waals surface area (Å²) in [4.78, 5) is 15.8. The summed E-state index contributed by atoms with van der Waals surface area (Å²) in [6, 6.07) is 8.13. The van der Waals surface area contributed by atoms with Gasteiger partial charge in [0.15, 0.2) is 17.4 Å². The monoisotopic (exact) mass is 419 g/mol. The number of anilines is 1. The summed E-state index contributed by atoms with van der Waals surface area (Å²) in [6.45, 7) is 4.29. The van der Waals surface area contributed by atoms with Crippen molar-refractivity contribution >= 4 is 38.4 Å². The highest BCUT2D eigenvalue weighted by atomic mass is 32.2. The predicted octanol–water partition coefficient (Wildman–Crippen LogP) is 3.50. The number of fused-ring (bicyclic) bond motifs is 1. The molecule has 2 N–H and O–H groups in total. The smallest absolute Gasteiger partial charge is 0.244 e. The van der Waals surface area contributed by atoms with Crippen molar-refractivity contribution in [3.63, 3.8) is 0 Å². The SMILES string of the molecule is CC(=O)/C=C(/c1ccc2nc(N)n(S(=O)(=O)C(C)C)c2c1)c1cccc(F)c1F. The molecule has 1 aromatic heterocycles. The van der Waals surface area contributed by atoms with Crippen LogP contribution < -0.4 is 5.73 Å². The van der Waals surface area contributed by atoms with Crippen LogP contribution in [-0.2, 0) is 14.8 Å². The topological polar surface area (TPSA) is 95.1 Å². The first-order chi connectivity index (χ1) is 13.5. The highest BCUT2D eigenvalue weighted by molar-refractivity contribution is 7.90. The van der Waals surface area contributed by atoms with E-state index < -0.39 is 26.9 Å². The zero-order valence-electron chi connectivity index (χ0n) is 16.0. The number of aromatic nitrogens is 2. The number of nitrogens with two attached hydrogens (primary N) is 1. The molecule has 1 heterocycles. The summed E-state index contributed by atoms with van der Waals surface area (Å²) in [5, 5.41) is -0.765. The lowest BCUT2D eigenvalue weighted by atomic mass is 9.96. The zero-order valence-corrected chi connectivity index (χ0v) is 16.8. The second kappa shape index (κ2) is 7.40. The third-order valence-corrected chi connectivity index (χ3v) is 6.47. The van der Waals surface area contributed by atoms with Crippen molar-refractivity contribution < 1.29 is 22.0 Å². The summed E-state index contributed by atoms with van der Waals surface area (Å²) >= 11 is 0. The van der Waals surface area contributed by atoms with Crippen LogP contribution in [0.1, 0.15) is 31.9 Å². The van der Waals surface area contributed by atoms with E-state index in [4.69, 9.17) is 5.73 Å². The van der Waals surface area contributed by atoms with Gasteiger partial charge in [-0.05, 0) is 56.2 Å². The summed E-state index contributed by atoms with van der Waals surface area (Å²) in [7, 11) is -3.83. The Balaban J connectivity index is 2.33. The molecule has 3 rings (SSSR count). The van der Waals surface area contributed by atoms with E-state index in [1.54, 1.807) is 6.07 Å². The van der Waals surface area contributed by atoms with Crippen LogP contribution in [0.5, 0.6) is 0 Å². The molecule has 0 aliphatic rings. The van der Waals surface area contributed by atoms with Crippen LogP contribution in [-0.4, -0.2) is 28.4 Å². The van der Waals surface area contributed by atoms with Gasteiger partial charge < -0.3 is 5.73 Å². The summed E-state index contributed by atoms with van der Waals surface area (Å²) in [5.74, 6) is -2.76. The number of benzene rings is 2. The molecular weight excluding hydrogens is 400 g/mol. The molecule has 0 fully saturated rings. The molecule has 152 valence electrons. The first-order valence-corrected chi connectivity index (χ1v) is 10.2. The molecule has 3 aromatic rings. The van der Waals surface area contributed by atoms with Crippen LogP contribution in [0.2, 0.25) is 0 Å². The molecule has 0 amide bonds. The Labute approximate surface area is 166 Å². The molecule has 0 unspecified atom stereocenters. The minimum Gasteiger partial charge on any atom is -0.368 e. The fraction of sp³-hybridized carbons (Fsp3) is 0.200. The molecule has 0 atom stereocenters. The lowest BCUT2D eigenvalue weighted by Crippen LogP contribution is -2.23. The average Bonchev–Trinajstić information content (AvgIpc) is 2.97. The van der Waals surface area contributed by atoms with Crippen molar-refractivity contribution in [1.82, 2.24) is 8.96 Å². The van der Waals surface area contributed by atoms with Crippen molar-refractivity contribution in [2.24, 2.45) is 0 Å². The maximum atomic E-state index is 14.4. The van der Waals surface area contributed by atoms with Crippen LogP contribution in [0.25, 0.3) is 16.6 Å². The van der Waals surface area contributed by atoms with E-state index >= 15 is 0 Å². The second-order valence-corrected chi connectivity index (χ2v) is 9.14. The number of nitrogen functional groups attached to an aromatic ring is 1. The molecule has 0 aliphatic heterocycles. The maximum absolute atomic E-state index is 14.4. The molecule has 6 nitrogen and oxygen atoms in total. The minimum absolute atomic E-state index is 0.115. The van der Waals surface area contributed by atoms with Crippen molar-refractivity contribution in [2.45, 2.75) is 26.0 Å². The fourth-order valence-electron chi connectivity index (χ4n) is 2.95. The van der Waals surface area contributed by atoms with Crippen molar-refractivity contribution in [3.8, 4) is 0 Å². The highest BCUT2D eigenvalue weighted by Crippen LogP contribution is 2.31. The van der Waals surface area contributed by atoms with E-state index in [0.717, 1.165) is 10.0 Å². The molecule has 0 saturated carbocycles. The third-order valence-electron chi connectivity index (χ3n) is 4.39. The second-order valence-electron chi connectivity index (χ2n) is 6.80. The Morgan fingerprint density at radius 1 is 1.21 bits per heavy atom. The lowest BCUT2D eigenvalue weighted by molar-refractivity contribution is -0.112. The number of hydrogen-bond donors (Lipinski definition) is 1. The first-order valence-electron chi connectivity index (χ1n) is 8.73. The van der Waals surface area contributed by atoms with Gasteiger partial charge in [0.25, 0.3) is 0 Å². The van der Waals surface area contributed by atoms with Crippen molar-refractivity contribution in [1.29, 1.82) is 0 Å². The van der Waals surface area contributed by atoms with Crippen LogP contribution in [0.15, 0.2) is 42.5 Å². The molecule has 0 aliphatic carbocycles. The van der Waals surface area contributed by atoms with E-state index in [2.05, 4.69) is 4.98 Å². The van der Waals surface area contributed by atoms with Crippen molar-refractivity contribution in [3.05, 3.63) is 65.2 Å². The third kappa shape index (κ3) is 3.65. The number of halogens is 2. The number of hydrogen-bond acceptors (Lipinski definition) is 5. The van der Waals surface area contributed by atoms with Gasteiger partial charge in [-0.25, -0.2) is 26.2 Å². The van der Waals surface area contributed by atoms with Gasteiger partial charge >= 0.3 is 0 Å². The Bertz CT molecular complexity index is 1260.